The van der Waals surface area contributed by atoms with Crippen molar-refractivity contribution in [2.75, 3.05) is 0 Å². The van der Waals surface area contributed by atoms with Crippen LogP contribution in [0.3, 0.4) is 0 Å². The predicted octanol–water partition coefficient (Wildman–Crippen LogP) is 4.27. The average Bonchev–Trinajstić information content (AvgIpc) is 2.45. The van der Waals surface area contributed by atoms with Gasteiger partial charge < -0.3 is 8.85 Å². The summed E-state index contributed by atoms with van der Waals surface area (Å²) in [6.07, 6.45) is 3.66. The number of rotatable bonds is 8. The molecule has 0 saturated heterocycles. The third kappa shape index (κ3) is 3.84. The van der Waals surface area contributed by atoms with E-state index in [0.717, 1.165) is 25.0 Å². The molecule has 0 aromatic heterocycles. The highest BCUT2D eigenvalue weighted by atomic mass is 28.4. The molecule has 0 spiro atoms. The van der Waals surface area contributed by atoms with Crippen LogP contribution >= 0.6 is 0 Å². The molecular weight excluding hydrogens is 284 g/mol. The maximum atomic E-state index is 11.9. The second-order valence-corrected chi connectivity index (χ2v) is 10.7. The zero-order chi connectivity index (χ0) is 16.9. The summed E-state index contributed by atoms with van der Waals surface area (Å²) in [6.45, 7) is 18.8. The molecule has 0 aromatic rings. The fraction of sp³-hybridized carbons (Fsp3) is 0.625. The smallest absolute Gasteiger partial charge is 0.476 e. The van der Waals surface area contributed by atoms with Gasteiger partial charge in [0.1, 0.15) is 0 Å². The van der Waals surface area contributed by atoms with Crippen LogP contribution in [-0.4, -0.2) is 20.5 Å². The van der Waals surface area contributed by atoms with E-state index in [1.165, 1.54) is 0 Å². The van der Waals surface area contributed by atoms with E-state index >= 15 is 0 Å². The molecule has 0 amide bonds. The first-order chi connectivity index (χ1) is 9.53. The maximum absolute atomic E-state index is 11.9. The van der Waals surface area contributed by atoms with E-state index in [-0.39, 0.29) is 0 Å². The molecule has 0 aromatic carbocycles. The van der Waals surface area contributed by atoms with Crippen LogP contribution in [0.1, 0.15) is 54.4 Å². The molecule has 0 bridgehead atoms. The molecule has 0 N–H and O–H groups in total. The van der Waals surface area contributed by atoms with E-state index in [9.17, 15) is 9.59 Å². The van der Waals surface area contributed by atoms with Crippen molar-refractivity contribution in [2.24, 2.45) is 0 Å². The van der Waals surface area contributed by atoms with Gasteiger partial charge in [0.15, 0.2) is 0 Å². The van der Waals surface area contributed by atoms with Crippen LogP contribution in [0.25, 0.3) is 0 Å². The van der Waals surface area contributed by atoms with Gasteiger partial charge in [-0.15, -0.1) is 0 Å². The molecule has 0 rings (SSSR count). The predicted molar refractivity (Wildman–Crippen MR) is 87.0 cm³/mol. The molecular formula is C16H28O4Si. The molecule has 0 heterocycles. The molecule has 0 saturated carbocycles. The van der Waals surface area contributed by atoms with Gasteiger partial charge in [-0.05, 0) is 12.8 Å². The first kappa shape index (κ1) is 19.6. The van der Waals surface area contributed by atoms with Crippen LogP contribution in [0.15, 0.2) is 25.3 Å². The first-order valence-electron chi connectivity index (χ1n) is 7.24. The summed E-state index contributed by atoms with van der Waals surface area (Å²) in [6, 6.07) is 0. The largest absolute Gasteiger partial charge is 0.481 e. The number of carbonyl (C=O) groups is 2. The van der Waals surface area contributed by atoms with E-state index in [4.69, 9.17) is 8.85 Å². The van der Waals surface area contributed by atoms with Crippen LogP contribution in [0.4, 0.5) is 0 Å². The van der Waals surface area contributed by atoms with Crippen molar-refractivity contribution in [3.8, 4) is 0 Å². The SMILES string of the molecule is C=CC(=O)O[Si](OC(=O)C=C)(C(C)(C)CC)C(C)(C)CC. The summed E-state index contributed by atoms with van der Waals surface area (Å²) >= 11 is 0. The van der Waals surface area contributed by atoms with E-state index in [1.54, 1.807) is 0 Å². The minimum Gasteiger partial charge on any atom is -0.481 e. The van der Waals surface area contributed by atoms with Crippen molar-refractivity contribution in [3.05, 3.63) is 25.3 Å². The Bertz CT molecular complexity index is 384. The molecule has 4 nitrogen and oxygen atoms in total. The summed E-state index contributed by atoms with van der Waals surface area (Å²) in [5, 5.41) is -0.881. The second-order valence-electron chi connectivity index (χ2n) is 6.34. The highest BCUT2D eigenvalue weighted by Gasteiger charge is 2.65. The van der Waals surface area contributed by atoms with Crippen molar-refractivity contribution in [3.63, 3.8) is 0 Å². The van der Waals surface area contributed by atoms with Crippen LogP contribution < -0.4 is 0 Å². The standard InChI is InChI=1S/C16H28O4Si/c1-9-13(17)19-21(15(5,6)11-3,16(7,8)12-4)20-14(18)10-2/h9-10H,1-2,11-12H2,3-8H3. The monoisotopic (exact) mass is 312 g/mol. The Balaban J connectivity index is 6.19. The van der Waals surface area contributed by atoms with E-state index in [0.29, 0.717) is 0 Å². The van der Waals surface area contributed by atoms with E-state index < -0.39 is 30.6 Å². The third-order valence-electron chi connectivity index (χ3n) is 4.37. The molecule has 0 atom stereocenters. The molecule has 0 fully saturated rings. The topological polar surface area (TPSA) is 52.6 Å². The quantitative estimate of drug-likeness (QED) is 0.496. The Morgan fingerprint density at radius 2 is 1.19 bits per heavy atom. The maximum Gasteiger partial charge on any atom is 0.476 e. The minimum atomic E-state index is -3.26. The molecule has 0 radical (unpaired) electrons. The Kier molecular flexibility index (Phi) is 6.61. The number of hydrogen-bond acceptors (Lipinski definition) is 4. The second kappa shape index (κ2) is 7.07. The highest BCUT2D eigenvalue weighted by molar-refractivity contribution is 6.76. The summed E-state index contributed by atoms with van der Waals surface area (Å²) in [4.78, 5) is 23.8. The fourth-order valence-electron chi connectivity index (χ4n) is 2.32. The van der Waals surface area contributed by atoms with Gasteiger partial charge in [0.25, 0.3) is 0 Å². The number of carbonyl (C=O) groups excluding carboxylic acids is 2. The Labute approximate surface area is 129 Å². The zero-order valence-corrected chi connectivity index (χ0v) is 15.1. The summed E-state index contributed by atoms with van der Waals surface area (Å²) < 4.78 is 11.5. The van der Waals surface area contributed by atoms with Gasteiger partial charge >= 0.3 is 20.5 Å². The minimum absolute atomic E-state index is 0.441. The van der Waals surface area contributed by atoms with Gasteiger partial charge in [-0.25, -0.2) is 9.59 Å². The average molecular weight is 312 g/mol. The molecule has 0 aliphatic heterocycles. The zero-order valence-electron chi connectivity index (χ0n) is 14.1. The van der Waals surface area contributed by atoms with Gasteiger partial charge in [-0.3, -0.25) is 0 Å². The van der Waals surface area contributed by atoms with Gasteiger partial charge in [-0.1, -0.05) is 54.7 Å². The van der Waals surface area contributed by atoms with Crippen molar-refractivity contribution in [1.82, 2.24) is 0 Å². The molecule has 0 unspecified atom stereocenters. The van der Waals surface area contributed by atoms with Crippen LogP contribution in [0, 0.1) is 0 Å². The Morgan fingerprint density at radius 3 is 1.38 bits per heavy atom. The lowest BCUT2D eigenvalue weighted by molar-refractivity contribution is -0.137. The Morgan fingerprint density at radius 1 is 0.905 bits per heavy atom. The molecule has 120 valence electrons. The van der Waals surface area contributed by atoms with Gasteiger partial charge in [-0.2, -0.15) is 0 Å². The lowest BCUT2D eigenvalue weighted by atomic mass is 10.1. The van der Waals surface area contributed by atoms with Gasteiger partial charge in [0, 0.05) is 22.2 Å². The van der Waals surface area contributed by atoms with E-state index in [2.05, 4.69) is 13.2 Å². The van der Waals surface area contributed by atoms with Crippen molar-refractivity contribution < 1.29 is 18.4 Å². The molecule has 0 aliphatic rings. The summed E-state index contributed by atoms with van der Waals surface area (Å²) in [5.74, 6) is -1.11. The first-order valence-corrected chi connectivity index (χ1v) is 9.06. The summed E-state index contributed by atoms with van der Waals surface area (Å²) in [7, 11) is -3.26. The van der Waals surface area contributed by atoms with Gasteiger partial charge in [0.05, 0.1) is 0 Å². The Hall–Kier alpha value is -1.36. The van der Waals surface area contributed by atoms with Crippen molar-refractivity contribution in [1.29, 1.82) is 0 Å². The lowest BCUT2D eigenvalue weighted by Crippen LogP contribution is -2.60. The molecule has 5 heteroatoms. The highest BCUT2D eigenvalue weighted by Crippen LogP contribution is 2.56. The van der Waals surface area contributed by atoms with Gasteiger partial charge in [0.2, 0.25) is 0 Å². The number of hydrogen-bond donors (Lipinski definition) is 0. The summed E-state index contributed by atoms with van der Waals surface area (Å²) in [5.41, 5.74) is 0. The van der Waals surface area contributed by atoms with Crippen LogP contribution in [0.2, 0.25) is 10.1 Å². The van der Waals surface area contributed by atoms with Crippen molar-refractivity contribution in [2.45, 2.75) is 64.5 Å². The normalized spacial score (nSPS) is 12.5. The lowest BCUT2D eigenvalue weighted by Gasteiger charge is -2.49. The van der Waals surface area contributed by atoms with Crippen molar-refractivity contribution >= 4 is 20.5 Å². The van der Waals surface area contributed by atoms with Crippen LogP contribution in [-0.2, 0) is 18.4 Å². The van der Waals surface area contributed by atoms with Crippen LogP contribution in [0.5, 0.6) is 0 Å². The third-order valence-corrected chi connectivity index (χ3v) is 9.62. The molecule has 0 aliphatic carbocycles. The molecule has 21 heavy (non-hydrogen) atoms. The fourth-order valence-corrected chi connectivity index (χ4v) is 6.96. The van der Waals surface area contributed by atoms with E-state index in [1.807, 2.05) is 41.5 Å².